The highest BCUT2D eigenvalue weighted by atomic mass is 79.9. The first-order valence-electron chi connectivity index (χ1n) is 6.54. The molecule has 2 atom stereocenters. The van der Waals surface area contributed by atoms with Crippen molar-refractivity contribution in [2.75, 3.05) is 0 Å². The standard InChI is InChI=1S/C15H21BrFNO/c1-14(2)8-9(15(3,4)19-14)13(18)12-10(16)6-5-7-11(12)17/h5-7,9,13H,8,18H2,1-4H3. The van der Waals surface area contributed by atoms with Crippen LogP contribution >= 0.6 is 15.9 Å². The van der Waals surface area contributed by atoms with Crippen molar-refractivity contribution >= 4 is 15.9 Å². The summed E-state index contributed by atoms with van der Waals surface area (Å²) < 4.78 is 20.8. The van der Waals surface area contributed by atoms with Crippen LogP contribution in [0.4, 0.5) is 4.39 Å². The Kier molecular flexibility index (Phi) is 3.80. The van der Waals surface area contributed by atoms with Crippen molar-refractivity contribution in [2.45, 2.75) is 51.4 Å². The molecule has 2 rings (SSSR count). The Balaban J connectivity index is 2.37. The summed E-state index contributed by atoms with van der Waals surface area (Å²) in [4.78, 5) is 0. The third-order valence-electron chi connectivity index (χ3n) is 3.91. The summed E-state index contributed by atoms with van der Waals surface area (Å²) >= 11 is 3.40. The summed E-state index contributed by atoms with van der Waals surface area (Å²) in [6.07, 6.45) is 0.821. The summed E-state index contributed by atoms with van der Waals surface area (Å²) in [5.41, 5.74) is 6.32. The van der Waals surface area contributed by atoms with Crippen molar-refractivity contribution in [3.05, 3.63) is 34.1 Å². The normalized spacial score (nSPS) is 26.4. The van der Waals surface area contributed by atoms with Gasteiger partial charge < -0.3 is 10.5 Å². The molecule has 0 aliphatic carbocycles. The molecular weight excluding hydrogens is 309 g/mol. The van der Waals surface area contributed by atoms with E-state index < -0.39 is 0 Å². The molecule has 4 heteroatoms. The summed E-state index contributed by atoms with van der Waals surface area (Å²) in [7, 11) is 0. The topological polar surface area (TPSA) is 35.2 Å². The third kappa shape index (κ3) is 2.86. The number of ether oxygens (including phenoxy) is 1. The maximum atomic E-state index is 14.0. The van der Waals surface area contributed by atoms with Gasteiger partial charge >= 0.3 is 0 Å². The average molecular weight is 330 g/mol. The van der Waals surface area contributed by atoms with Gasteiger partial charge in [0.2, 0.25) is 0 Å². The summed E-state index contributed by atoms with van der Waals surface area (Å²) in [5.74, 6) is -0.182. The van der Waals surface area contributed by atoms with Crippen molar-refractivity contribution in [1.29, 1.82) is 0 Å². The van der Waals surface area contributed by atoms with Gasteiger partial charge in [-0.25, -0.2) is 4.39 Å². The van der Waals surface area contributed by atoms with Crippen LogP contribution in [-0.2, 0) is 4.74 Å². The number of halogens is 2. The van der Waals surface area contributed by atoms with Crippen LogP contribution in [-0.4, -0.2) is 11.2 Å². The minimum Gasteiger partial charge on any atom is -0.369 e. The quantitative estimate of drug-likeness (QED) is 0.883. The predicted octanol–water partition coefficient (Wildman–Crippen LogP) is 4.18. The van der Waals surface area contributed by atoms with E-state index in [9.17, 15) is 4.39 Å². The van der Waals surface area contributed by atoms with Gasteiger partial charge in [0.1, 0.15) is 5.82 Å². The van der Waals surface area contributed by atoms with Crippen LogP contribution in [0.3, 0.4) is 0 Å². The minimum absolute atomic E-state index is 0.0794. The molecule has 0 aromatic heterocycles. The molecule has 1 fully saturated rings. The summed E-state index contributed by atoms with van der Waals surface area (Å²) in [6.45, 7) is 8.16. The number of nitrogens with two attached hydrogens (primary N) is 1. The van der Waals surface area contributed by atoms with Gasteiger partial charge in [-0.15, -0.1) is 0 Å². The van der Waals surface area contributed by atoms with Gasteiger partial charge in [-0.2, -0.15) is 0 Å². The van der Waals surface area contributed by atoms with E-state index in [1.54, 1.807) is 6.07 Å². The molecule has 2 N–H and O–H groups in total. The molecule has 1 aliphatic rings. The highest BCUT2D eigenvalue weighted by Gasteiger charge is 2.49. The molecule has 1 aromatic carbocycles. The molecule has 0 bridgehead atoms. The summed E-state index contributed by atoms with van der Waals surface area (Å²) in [6, 6.07) is 4.57. The maximum absolute atomic E-state index is 14.0. The van der Waals surface area contributed by atoms with Crippen molar-refractivity contribution in [3.63, 3.8) is 0 Å². The Labute approximate surface area is 122 Å². The second-order valence-electron chi connectivity index (χ2n) is 6.44. The van der Waals surface area contributed by atoms with Crippen molar-refractivity contribution in [3.8, 4) is 0 Å². The number of rotatable bonds is 2. The minimum atomic E-state index is -0.382. The van der Waals surface area contributed by atoms with E-state index in [2.05, 4.69) is 29.8 Å². The van der Waals surface area contributed by atoms with Crippen LogP contribution in [0.2, 0.25) is 0 Å². The van der Waals surface area contributed by atoms with Gasteiger partial charge in [0.05, 0.1) is 11.2 Å². The van der Waals surface area contributed by atoms with E-state index in [-0.39, 0.29) is 29.0 Å². The second-order valence-corrected chi connectivity index (χ2v) is 7.29. The zero-order chi connectivity index (χ0) is 14.4. The predicted molar refractivity (Wildman–Crippen MR) is 78.4 cm³/mol. The van der Waals surface area contributed by atoms with E-state index in [0.717, 1.165) is 10.9 Å². The molecule has 2 nitrogen and oxygen atoms in total. The van der Waals surface area contributed by atoms with Crippen LogP contribution in [0.1, 0.15) is 45.7 Å². The lowest BCUT2D eigenvalue weighted by Gasteiger charge is -2.31. The van der Waals surface area contributed by atoms with E-state index >= 15 is 0 Å². The van der Waals surface area contributed by atoms with Crippen molar-refractivity contribution in [2.24, 2.45) is 11.7 Å². The molecule has 0 radical (unpaired) electrons. The third-order valence-corrected chi connectivity index (χ3v) is 4.60. The molecule has 0 spiro atoms. The maximum Gasteiger partial charge on any atom is 0.129 e. The molecular formula is C15H21BrFNO. The number of benzene rings is 1. The van der Waals surface area contributed by atoms with Gasteiger partial charge in [-0.05, 0) is 46.2 Å². The summed E-state index contributed by atoms with van der Waals surface area (Å²) in [5, 5.41) is 0. The molecule has 1 aliphatic heterocycles. The SMILES string of the molecule is CC1(C)CC(C(N)c2c(F)cccc2Br)C(C)(C)O1. The van der Waals surface area contributed by atoms with Crippen LogP contribution in [0, 0.1) is 11.7 Å². The van der Waals surface area contributed by atoms with Gasteiger partial charge in [0, 0.05) is 22.0 Å². The monoisotopic (exact) mass is 329 g/mol. The van der Waals surface area contributed by atoms with E-state index in [4.69, 9.17) is 10.5 Å². The highest BCUT2D eigenvalue weighted by molar-refractivity contribution is 9.10. The lowest BCUT2D eigenvalue weighted by Crippen LogP contribution is -2.36. The fraction of sp³-hybridized carbons (Fsp3) is 0.600. The van der Waals surface area contributed by atoms with Crippen LogP contribution in [0.5, 0.6) is 0 Å². The number of hydrogen-bond acceptors (Lipinski definition) is 2. The average Bonchev–Trinajstić information content (AvgIpc) is 2.46. The zero-order valence-electron chi connectivity index (χ0n) is 11.8. The number of hydrogen-bond donors (Lipinski definition) is 1. The van der Waals surface area contributed by atoms with Crippen molar-refractivity contribution < 1.29 is 9.13 Å². The molecule has 2 unspecified atom stereocenters. The second kappa shape index (κ2) is 4.83. The van der Waals surface area contributed by atoms with E-state index in [0.29, 0.717) is 5.56 Å². The molecule has 19 heavy (non-hydrogen) atoms. The van der Waals surface area contributed by atoms with E-state index in [1.165, 1.54) is 6.07 Å². The lowest BCUT2D eigenvalue weighted by molar-refractivity contribution is -0.0768. The molecule has 0 amide bonds. The van der Waals surface area contributed by atoms with Gasteiger partial charge in [0.25, 0.3) is 0 Å². The Morgan fingerprint density at radius 3 is 2.47 bits per heavy atom. The van der Waals surface area contributed by atoms with Gasteiger partial charge in [-0.1, -0.05) is 22.0 Å². The molecule has 1 aromatic rings. The van der Waals surface area contributed by atoms with Gasteiger partial charge in [-0.3, -0.25) is 0 Å². The Hall–Kier alpha value is -0.450. The van der Waals surface area contributed by atoms with E-state index in [1.807, 2.05) is 19.9 Å². The zero-order valence-corrected chi connectivity index (χ0v) is 13.4. The molecule has 1 heterocycles. The van der Waals surface area contributed by atoms with Crippen LogP contribution in [0.25, 0.3) is 0 Å². The van der Waals surface area contributed by atoms with Crippen LogP contribution in [0.15, 0.2) is 22.7 Å². The Morgan fingerprint density at radius 1 is 1.37 bits per heavy atom. The fourth-order valence-electron chi connectivity index (χ4n) is 3.19. The van der Waals surface area contributed by atoms with Gasteiger partial charge in [0.15, 0.2) is 0 Å². The lowest BCUT2D eigenvalue weighted by atomic mass is 9.79. The molecule has 106 valence electrons. The van der Waals surface area contributed by atoms with Crippen LogP contribution < -0.4 is 5.73 Å². The van der Waals surface area contributed by atoms with Crippen molar-refractivity contribution in [1.82, 2.24) is 0 Å². The first-order valence-corrected chi connectivity index (χ1v) is 7.33. The first kappa shape index (κ1) is 14.9. The molecule has 1 saturated heterocycles. The smallest absolute Gasteiger partial charge is 0.129 e. The fourth-order valence-corrected chi connectivity index (χ4v) is 3.80. The molecule has 0 saturated carbocycles. The first-order chi connectivity index (χ1) is 8.64. The Morgan fingerprint density at radius 2 is 2.00 bits per heavy atom. The largest absolute Gasteiger partial charge is 0.369 e. The highest BCUT2D eigenvalue weighted by Crippen LogP contribution is 2.48. The Bertz CT molecular complexity index is 467.